The number of hydrogen-bond acceptors (Lipinski definition) is 6. The van der Waals surface area contributed by atoms with E-state index in [1.54, 1.807) is 0 Å². The van der Waals surface area contributed by atoms with Crippen LogP contribution in [0.2, 0.25) is 0 Å². The molecule has 0 radical (unpaired) electrons. The molecule has 0 spiro atoms. The molecule has 1 heterocycles. The van der Waals surface area contributed by atoms with Gasteiger partial charge in [0.1, 0.15) is 0 Å². The van der Waals surface area contributed by atoms with E-state index in [0.29, 0.717) is 12.8 Å². The molecule has 0 N–H and O–H groups in total. The lowest BCUT2D eigenvalue weighted by molar-refractivity contribution is -0.261. The van der Waals surface area contributed by atoms with Gasteiger partial charge >= 0.3 is 11.9 Å². The highest BCUT2D eigenvalue weighted by molar-refractivity contribution is 6.24. The lowest BCUT2D eigenvalue weighted by Crippen LogP contribution is -2.27. The Labute approximate surface area is 161 Å². The van der Waals surface area contributed by atoms with Crippen molar-refractivity contribution in [2.75, 3.05) is 0 Å². The maximum atomic E-state index is 12.7. The normalized spacial score (nSPS) is 13.9. The monoisotopic (exact) mass is 380 g/mol. The molecule has 0 aromatic rings. The zero-order valence-corrected chi connectivity index (χ0v) is 16.6. The van der Waals surface area contributed by atoms with Crippen LogP contribution >= 0.6 is 0 Å². The van der Waals surface area contributed by atoms with Gasteiger partial charge in [0.2, 0.25) is 0 Å². The van der Waals surface area contributed by atoms with Crippen molar-refractivity contribution < 1.29 is 29.0 Å². The zero-order chi connectivity index (χ0) is 20.1. The summed E-state index contributed by atoms with van der Waals surface area (Å²) in [6.07, 6.45) is 9.65. The molecule has 1 fully saturated rings. The Hall–Kier alpha value is -1.98. The van der Waals surface area contributed by atoms with Gasteiger partial charge < -0.3 is 0 Å². The molecule has 0 aromatic heterocycles. The second-order valence-electron chi connectivity index (χ2n) is 7.03. The molecule has 0 aromatic carbocycles. The Morgan fingerprint density at radius 3 is 1.70 bits per heavy atom. The molecular weight excluding hydrogens is 348 g/mol. The van der Waals surface area contributed by atoms with Gasteiger partial charge in [0.25, 0.3) is 0 Å². The Kier molecular flexibility index (Phi) is 11.3. The fraction of sp³-hybridized carbons (Fsp3) is 0.714. The van der Waals surface area contributed by atoms with E-state index in [4.69, 9.17) is 0 Å². The third kappa shape index (κ3) is 8.50. The van der Waals surface area contributed by atoms with Gasteiger partial charge in [0, 0.05) is 12.8 Å². The number of rotatable bonds is 14. The third-order valence-corrected chi connectivity index (χ3v) is 4.65. The minimum Gasteiger partial charge on any atom is -0.294 e. The Morgan fingerprint density at radius 2 is 1.22 bits per heavy atom. The Bertz CT molecular complexity index is 533. The van der Waals surface area contributed by atoms with Crippen molar-refractivity contribution in [1.29, 1.82) is 0 Å². The van der Waals surface area contributed by atoms with Crippen molar-refractivity contribution in [2.45, 2.75) is 97.3 Å². The highest BCUT2D eigenvalue weighted by Crippen LogP contribution is 2.23. The number of carbonyl (C=O) groups excluding carboxylic acids is 4. The second kappa shape index (κ2) is 13.2. The van der Waals surface area contributed by atoms with Gasteiger partial charge in [-0.3, -0.25) is 9.59 Å². The molecule has 0 unspecified atom stereocenters. The molecule has 1 aliphatic rings. The first-order valence-corrected chi connectivity index (χ1v) is 10.2. The molecule has 1 rings (SSSR count). The Balaban J connectivity index is 2.79. The summed E-state index contributed by atoms with van der Waals surface area (Å²) in [6.45, 7) is 4.22. The van der Waals surface area contributed by atoms with Crippen molar-refractivity contribution in [2.24, 2.45) is 0 Å². The van der Waals surface area contributed by atoms with Gasteiger partial charge in [-0.25, -0.2) is 19.4 Å². The third-order valence-electron chi connectivity index (χ3n) is 4.65. The van der Waals surface area contributed by atoms with Crippen LogP contribution in [0, 0.1) is 0 Å². The summed E-state index contributed by atoms with van der Waals surface area (Å²) in [5, 5.41) is 0. The molecule has 0 atom stereocenters. The fourth-order valence-corrected chi connectivity index (χ4v) is 3.09. The number of carbonyl (C=O) groups is 4. The topological polar surface area (TPSA) is 86.7 Å². The standard InChI is InChI=1S/C21H32O6/c1-3-5-7-9-11-13-17(22)20(16-15-19(24)26-27-21(16)25)18(23)14-12-10-8-6-4-2/h3-15H2,1-2H3. The minimum atomic E-state index is -0.914. The van der Waals surface area contributed by atoms with Gasteiger partial charge in [0.15, 0.2) is 11.6 Å². The average molecular weight is 380 g/mol. The molecule has 6 heteroatoms. The van der Waals surface area contributed by atoms with Crippen LogP contribution in [0.25, 0.3) is 0 Å². The quantitative estimate of drug-likeness (QED) is 0.144. The van der Waals surface area contributed by atoms with E-state index in [-0.39, 0.29) is 35.6 Å². The number of hydrogen-bond donors (Lipinski definition) is 0. The van der Waals surface area contributed by atoms with Crippen molar-refractivity contribution in [3.8, 4) is 0 Å². The highest BCUT2D eigenvalue weighted by Gasteiger charge is 2.33. The van der Waals surface area contributed by atoms with Crippen LogP contribution in [0.5, 0.6) is 0 Å². The van der Waals surface area contributed by atoms with E-state index >= 15 is 0 Å². The number of unbranched alkanes of at least 4 members (excludes halogenated alkanes) is 8. The molecule has 6 nitrogen and oxygen atoms in total. The molecular formula is C21H32O6. The predicted molar refractivity (Wildman–Crippen MR) is 101 cm³/mol. The molecule has 0 saturated carbocycles. The number of allylic oxidation sites excluding steroid dienone is 1. The summed E-state index contributed by atoms with van der Waals surface area (Å²) in [4.78, 5) is 57.4. The van der Waals surface area contributed by atoms with Crippen LogP contribution in [0.4, 0.5) is 0 Å². The summed E-state index contributed by atoms with van der Waals surface area (Å²) in [6, 6.07) is 0. The van der Waals surface area contributed by atoms with Gasteiger partial charge in [-0.2, -0.15) is 0 Å². The average Bonchev–Trinajstić information content (AvgIpc) is 2.64. The molecule has 1 aliphatic heterocycles. The van der Waals surface area contributed by atoms with Gasteiger partial charge in [-0.15, -0.1) is 0 Å². The largest absolute Gasteiger partial charge is 0.383 e. The van der Waals surface area contributed by atoms with E-state index in [1.807, 2.05) is 0 Å². The van der Waals surface area contributed by atoms with Crippen LogP contribution in [-0.4, -0.2) is 23.5 Å². The van der Waals surface area contributed by atoms with Crippen LogP contribution in [0.15, 0.2) is 11.1 Å². The summed E-state index contributed by atoms with van der Waals surface area (Å²) < 4.78 is 0. The summed E-state index contributed by atoms with van der Waals surface area (Å²) in [5.74, 6) is -2.42. The lowest BCUT2D eigenvalue weighted by Gasteiger charge is -2.15. The van der Waals surface area contributed by atoms with Crippen LogP contribution in [0.3, 0.4) is 0 Å². The first-order valence-electron chi connectivity index (χ1n) is 10.2. The van der Waals surface area contributed by atoms with Crippen molar-refractivity contribution in [1.82, 2.24) is 0 Å². The van der Waals surface area contributed by atoms with Crippen molar-refractivity contribution in [3.63, 3.8) is 0 Å². The molecule has 0 amide bonds. The first kappa shape index (κ1) is 23.1. The van der Waals surface area contributed by atoms with Gasteiger partial charge in [0.05, 0.1) is 17.6 Å². The smallest absolute Gasteiger partial charge is 0.294 e. The van der Waals surface area contributed by atoms with Crippen LogP contribution in [-0.2, 0) is 29.0 Å². The maximum Gasteiger partial charge on any atom is 0.383 e. The van der Waals surface area contributed by atoms with E-state index in [9.17, 15) is 19.2 Å². The molecule has 152 valence electrons. The zero-order valence-electron chi connectivity index (χ0n) is 16.6. The van der Waals surface area contributed by atoms with E-state index in [1.165, 1.54) is 0 Å². The van der Waals surface area contributed by atoms with Crippen LogP contribution in [0.1, 0.15) is 97.3 Å². The Morgan fingerprint density at radius 1 is 0.741 bits per heavy atom. The van der Waals surface area contributed by atoms with E-state index < -0.39 is 18.4 Å². The highest BCUT2D eigenvalue weighted by atomic mass is 17.2. The van der Waals surface area contributed by atoms with Crippen molar-refractivity contribution >= 4 is 23.5 Å². The predicted octanol–water partition coefficient (Wildman–Crippen LogP) is 4.55. The van der Waals surface area contributed by atoms with Gasteiger partial charge in [-0.05, 0) is 12.8 Å². The van der Waals surface area contributed by atoms with E-state index in [0.717, 1.165) is 51.4 Å². The fourth-order valence-electron chi connectivity index (χ4n) is 3.09. The van der Waals surface area contributed by atoms with E-state index in [2.05, 4.69) is 23.6 Å². The molecule has 1 saturated heterocycles. The number of Topliss-reactive ketones (excluding diaryl/α,β-unsaturated/α-hetero) is 2. The second-order valence-corrected chi connectivity index (χ2v) is 7.03. The first-order chi connectivity index (χ1) is 13.0. The molecule has 27 heavy (non-hydrogen) atoms. The number of ketones is 2. The SMILES string of the molecule is CCCCCCCC(=O)C(C(=O)CCCCCCC)=C1CC(=O)OOC1=O. The summed E-state index contributed by atoms with van der Waals surface area (Å²) >= 11 is 0. The summed E-state index contributed by atoms with van der Waals surface area (Å²) in [7, 11) is 0. The van der Waals surface area contributed by atoms with Crippen LogP contribution < -0.4 is 0 Å². The minimum absolute atomic E-state index is 0.150. The lowest BCUT2D eigenvalue weighted by atomic mass is 9.91. The van der Waals surface area contributed by atoms with Gasteiger partial charge in [-0.1, -0.05) is 65.2 Å². The summed E-state index contributed by atoms with van der Waals surface area (Å²) in [5.41, 5.74) is -0.300. The van der Waals surface area contributed by atoms with Crippen molar-refractivity contribution in [3.05, 3.63) is 11.1 Å². The molecule has 0 bridgehead atoms. The maximum absolute atomic E-state index is 12.7. The molecule has 0 aliphatic carbocycles.